The third-order valence-corrected chi connectivity index (χ3v) is 2.69. The van der Waals surface area contributed by atoms with Crippen molar-refractivity contribution in [3.05, 3.63) is 0 Å². The summed E-state index contributed by atoms with van der Waals surface area (Å²) < 4.78 is 0. The fourth-order valence-corrected chi connectivity index (χ4v) is 2.12. The minimum Gasteiger partial charge on any atom is -0.299 e. The average molecular weight is 264 g/mol. The number of hydrogen-bond donors (Lipinski definition) is 1. The molecule has 0 spiro atoms. The highest BCUT2D eigenvalue weighted by Gasteiger charge is 2.30. The van der Waals surface area contributed by atoms with Gasteiger partial charge in [-0.25, -0.2) is 0 Å². The first-order valence-electron chi connectivity index (χ1n) is 6.74. The van der Waals surface area contributed by atoms with Gasteiger partial charge in [-0.05, 0) is 52.8 Å². The summed E-state index contributed by atoms with van der Waals surface area (Å²) in [6.45, 7) is 20.1. The Bertz CT molecular complexity index is 157. The van der Waals surface area contributed by atoms with Crippen molar-refractivity contribution in [3.63, 3.8) is 0 Å². The van der Waals surface area contributed by atoms with Crippen molar-refractivity contribution < 1.29 is 0 Å². The number of rotatable bonds is 3. The molecule has 0 bridgehead atoms. The van der Waals surface area contributed by atoms with E-state index in [-0.39, 0.29) is 0 Å². The minimum absolute atomic E-state index is 0.298. The van der Waals surface area contributed by atoms with Crippen molar-refractivity contribution in [2.75, 3.05) is 13.3 Å². The van der Waals surface area contributed by atoms with Crippen molar-refractivity contribution in [1.29, 1.82) is 0 Å². The Hall–Kier alpha value is 0.310. The molecule has 0 aromatic heterocycles. The molecule has 0 radical (unpaired) electrons. The fraction of sp³-hybridized carbons (Fsp3) is 1.00. The lowest BCUT2D eigenvalue weighted by Gasteiger charge is -2.42. The number of hydrogen-bond acceptors (Lipinski definition) is 2. The molecule has 17 heavy (non-hydrogen) atoms. The van der Waals surface area contributed by atoms with E-state index in [1.54, 1.807) is 6.26 Å². The molecule has 0 saturated heterocycles. The lowest BCUT2D eigenvalue weighted by Crippen LogP contribution is -2.47. The van der Waals surface area contributed by atoms with Crippen LogP contribution in [-0.4, -0.2) is 29.8 Å². The predicted molar refractivity (Wildman–Crippen MR) is 87.3 cm³/mol. The molecule has 0 aliphatic rings. The normalized spacial score (nSPS) is 11.6. The van der Waals surface area contributed by atoms with Crippen LogP contribution in [0.2, 0.25) is 0 Å². The molecule has 0 aliphatic heterocycles. The largest absolute Gasteiger partial charge is 0.299 e. The SMILES string of the molecule is CC.CC(C)N(C)C(C)(C)CC(C)(C)C.CS. The molecule has 1 nitrogen and oxygen atoms in total. The molecule has 0 aromatic carbocycles. The van der Waals surface area contributed by atoms with Crippen LogP contribution in [0.25, 0.3) is 0 Å². The zero-order valence-corrected chi connectivity index (χ0v) is 15.1. The topological polar surface area (TPSA) is 3.24 Å². The van der Waals surface area contributed by atoms with E-state index in [0.717, 1.165) is 0 Å². The fourth-order valence-electron chi connectivity index (χ4n) is 2.12. The van der Waals surface area contributed by atoms with Crippen LogP contribution in [0.1, 0.15) is 68.7 Å². The van der Waals surface area contributed by atoms with Crippen LogP contribution in [-0.2, 0) is 0 Å². The van der Waals surface area contributed by atoms with Gasteiger partial charge < -0.3 is 0 Å². The van der Waals surface area contributed by atoms with E-state index in [0.29, 0.717) is 17.0 Å². The molecule has 2 heteroatoms. The second kappa shape index (κ2) is 10.3. The molecule has 0 saturated carbocycles. The van der Waals surface area contributed by atoms with Gasteiger partial charge in [0.2, 0.25) is 0 Å². The number of thiol groups is 1. The first-order chi connectivity index (χ1) is 7.56. The Morgan fingerprint density at radius 1 is 0.941 bits per heavy atom. The van der Waals surface area contributed by atoms with Gasteiger partial charge in [0, 0.05) is 11.6 Å². The van der Waals surface area contributed by atoms with Crippen LogP contribution in [0, 0.1) is 5.41 Å². The van der Waals surface area contributed by atoms with Crippen LogP contribution in [0.5, 0.6) is 0 Å². The van der Waals surface area contributed by atoms with Crippen molar-refractivity contribution in [2.45, 2.75) is 80.3 Å². The molecule has 0 atom stereocenters. The summed E-state index contributed by atoms with van der Waals surface area (Å²) in [5, 5.41) is 0. The van der Waals surface area contributed by atoms with Crippen molar-refractivity contribution in [2.24, 2.45) is 5.41 Å². The minimum atomic E-state index is 0.298. The smallest absolute Gasteiger partial charge is 0.0157 e. The van der Waals surface area contributed by atoms with Gasteiger partial charge in [-0.15, -0.1) is 0 Å². The molecular weight excluding hydrogens is 226 g/mol. The first-order valence-corrected chi connectivity index (χ1v) is 7.63. The van der Waals surface area contributed by atoms with Gasteiger partial charge in [-0.2, -0.15) is 12.6 Å². The first kappa shape index (κ1) is 22.5. The zero-order chi connectivity index (χ0) is 14.9. The highest BCUT2D eigenvalue weighted by molar-refractivity contribution is 7.79. The Balaban J connectivity index is -0.000000439. The third-order valence-electron chi connectivity index (χ3n) is 2.69. The lowest BCUT2D eigenvalue weighted by molar-refractivity contribution is 0.0762. The van der Waals surface area contributed by atoms with Crippen LogP contribution < -0.4 is 0 Å². The summed E-state index contributed by atoms with van der Waals surface area (Å²) in [5.74, 6) is 0. The van der Waals surface area contributed by atoms with Gasteiger partial charge in [0.15, 0.2) is 0 Å². The quantitative estimate of drug-likeness (QED) is 0.692. The molecule has 0 aromatic rings. The van der Waals surface area contributed by atoms with Crippen LogP contribution in [0.3, 0.4) is 0 Å². The second-order valence-corrected chi connectivity index (χ2v) is 6.25. The van der Waals surface area contributed by atoms with E-state index in [9.17, 15) is 0 Å². The van der Waals surface area contributed by atoms with Crippen molar-refractivity contribution in [1.82, 2.24) is 4.90 Å². The maximum atomic E-state index is 3.53. The Kier molecular flexibility index (Phi) is 13.6. The van der Waals surface area contributed by atoms with Crippen LogP contribution in [0.15, 0.2) is 0 Å². The summed E-state index contributed by atoms with van der Waals surface area (Å²) in [5.41, 5.74) is 0.707. The maximum absolute atomic E-state index is 3.53. The van der Waals surface area contributed by atoms with E-state index in [1.807, 2.05) is 13.8 Å². The van der Waals surface area contributed by atoms with Gasteiger partial charge in [0.1, 0.15) is 0 Å². The van der Waals surface area contributed by atoms with E-state index in [4.69, 9.17) is 0 Å². The summed E-state index contributed by atoms with van der Waals surface area (Å²) in [6, 6.07) is 0.623. The summed E-state index contributed by atoms with van der Waals surface area (Å²) >= 11 is 3.53. The highest BCUT2D eigenvalue weighted by Crippen LogP contribution is 2.31. The standard InChI is InChI=1S/C12H27N.C2H6.CH4S/c1-10(2)13(8)12(6,7)9-11(3,4)5;2*1-2/h10H,9H2,1-8H3;1-2H3;2H,1H3. The Labute approximate surface area is 117 Å². The third kappa shape index (κ3) is 12.6. The lowest BCUT2D eigenvalue weighted by atomic mass is 9.80. The van der Waals surface area contributed by atoms with Gasteiger partial charge >= 0.3 is 0 Å². The molecule has 0 unspecified atom stereocenters. The molecule has 0 amide bonds. The number of nitrogens with zero attached hydrogens (tertiary/aromatic N) is 1. The summed E-state index contributed by atoms with van der Waals surface area (Å²) in [6.07, 6.45) is 2.93. The van der Waals surface area contributed by atoms with E-state index >= 15 is 0 Å². The molecule has 0 rings (SSSR count). The van der Waals surface area contributed by atoms with Crippen molar-refractivity contribution in [3.8, 4) is 0 Å². The maximum Gasteiger partial charge on any atom is 0.0157 e. The van der Waals surface area contributed by atoms with Gasteiger partial charge in [0.25, 0.3) is 0 Å². The molecule has 0 heterocycles. The Morgan fingerprint density at radius 3 is 1.41 bits per heavy atom. The molecule has 0 N–H and O–H groups in total. The van der Waals surface area contributed by atoms with Crippen LogP contribution in [0.4, 0.5) is 0 Å². The predicted octanol–water partition coefficient (Wildman–Crippen LogP) is 5.11. The highest BCUT2D eigenvalue weighted by atomic mass is 32.1. The van der Waals surface area contributed by atoms with Gasteiger partial charge in [-0.1, -0.05) is 34.6 Å². The molecule has 0 fully saturated rings. The van der Waals surface area contributed by atoms with Crippen molar-refractivity contribution >= 4 is 12.6 Å². The Morgan fingerprint density at radius 2 is 1.24 bits per heavy atom. The average Bonchev–Trinajstić information content (AvgIpc) is 2.19. The summed E-state index contributed by atoms with van der Waals surface area (Å²) in [4.78, 5) is 2.46. The van der Waals surface area contributed by atoms with Crippen LogP contribution >= 0.6 is 12.6 Å². The van der Waals surface area contributed by atoms with E-state index in [1.165, 1.54) is 6.42 Å². The zero-order valence-electron chi connectivity index (χ0n) is 14.2. The molecular formula is C15H37NS. The molecule has 0 aliphatic carbocycles. The van der Waals surface area contributed by atoms with E-state index in [2.05, 4.69) is 73.0 Å². The monoisotopic (exact) mass is 263 g/mol. The summed E-state index contributed by atoms with van der Waals surface area (Å²) in [7, 11) is 2.22. The van der Waals surface area contributed by atoms with Gasteiger partial charge in [-0.3, -0.25) is 4.90 Å². The van der Waals surface area contributed by atoms with E-state index < -0.39 is 0 Å². The molecule has 108 valence electrons. The second-order valence-electron chi connectivity index (χ2n) is 6.25. The van der Waals surface area contributed by atoms with Gasteiger partial charge in [0.05, 0.1) is 0 Å².